The third-order valence-electron chi connectivity index (χ3n) is 4.39. The van der Waals surface area contributed by atoms with Crippen LogP contribution in [-0.4, -0.2) is 62.0 Å². The summed E-state index contributed by atoms with van der Waals surface area (Å²) >= 11 is 0. The molecule has 1 aromatic carbocycles. The average molecular weight is 360 g/mol. The van der Waals surface area contributed by atoms with Crippen LogP contribution < -0.4 is 5.32 Å². The first-order valence-corrected chi connectivity index (χ1v) is 8.39. The van der Waals surface area contributed by atoms with Gasteiger partial charge in [0.15, 0.2) is 5.96 Å². The number of guanidine groups is 1. The highest BCUT2D eigenvalue weighted by Gasteiger charge is 2.27. The topological polar surface area (TPSA) is 30.9 Å². The van der Waals surface area contributed by atoms with Crippen LogP contribution in [0.25, 0.3) is 0 Å². The minimum absolute atomic E-state index is 0.140. The molecule has 1 fully saturated rings. The van der Waals surface area contributed by atoms with E-state index in [4.69, 9.17) is 0 Å². The highest BCUT2D eigenvalue weighted by atomic mass is 19.3. The number of benzene rings is 1. The Bertz CT molecular complexity index is 586. The molecule has 1 atom stereocenters. The molecular formula is C17H24F4N4. The Labute approximate surface area is 145 Å². The molecule has 1 aliphatic heterocycles. The molecule has 1 aliphatic rings. The molecule has 140 valence electrons. The number of nitrogens with zero attached hydrogens (tertiary/aromatic N) is 3. The third-order valence-corrected chi connectivity index (χ3v) is 4.39. The fraction of sp³-hybridized carbons (Fsp3) is 0.588. The third kappa shape index (κ3) is 5.07. The van der Waals surface area contributed by atoms with Crippen LogP contribution in [0, 0.1) is 11.6 Å². The second-order valence-electron chi connectivity index (χ2n) is 5.93. The SMILES string of the molecule is CCC(c1ccc(F)cc1F)N1CCN(C(=NC)NCC(F)F)CC1. The van der Waals surface area contributed by atoms with Gasteiger partial charge in [-0.1, -0.05) is 13.0 Å². The molecule has 1 aromatic rings. The summed E-state index contributed by atoms with van der Waals surface area (Å²) in [5.74, 6) is -0.681. The molecule has 2 rings (SSSR count). The van der Waals surface area contributed by atoms with Crippen LogP contribution in [0.4, 0.5) is 17.6 Å². The summed E-state index contributed by atoms with van der Waals surface area (Å²) in [5, 5.41) is 2.65. The lowest BCUT2D eigenvalue weighted by Gasteiger charge is -2.40. The highest BCUT2D eigenvalue weighted by molar-refractivity contribution is 5.80. The minimum atomic E-state index is -2.44. The predicted molar refractivity (Wildman–Crippen MR) is 89.9 cm³/mol. The minimum Gasteiger partial charge on any atom is -0.351 e. The van der Waals surface area contributed by atoms with Gasteiger partial charge < -0.3 is 10.2 Å². The van der Waals surface area contributed by atoms with Crippen molar-refractivity contribution >= 4 is 5.96 Å². The van der Waals surface area contributed by atoms with Crippen LogP contribution in [0.3, 0.4) is 0 Å². The molecule has 8 heteroatoms. The van der Waals surface area contributed by atoms with Gasteiger partial charge in [-0.3, -0.25) is 9.89 Å². The van der Waals surface area contributed by atoms with Crippen LogP contribution in [0.5, 0.6) is 0 Å². The van der Waals surface area contributed by atoms with E-state index in [-0.39, 0.29) is 6.04 Å². The lowest BCUT2D eigenvalue weighted by atomic mass is 10.0. The maximum Gasteiger partial charge on any atom is 0.255 e. The van der Waals surface area contributed by atoms with Crippen LogP contribution in [0.1, 0.15) is 24.9 Å². The van der Waals surface area contributed by atoms with E-state index in [0.717, 1.165) is 6.07 Å². The maximum atomic E-state index is 14.1. The highest BCUT2D eigenvalue weighted by Crippen LogP contribution is 2.28. The monoisotopic (exact) mass is 360 g/mol. The number of piperazine rings is 1. The summed E-state index contributed by atoms with van der Waals surface area (Å²) in [6.45, 7) is 4.01. The Balaban J connectivity index is 2.00. The van der Waals surface area contributed by atoms with E-state index in [1.807, 2.05) is 11.8 Å². The largest absolute Gasteiger partial charge is 0.351 e. The first kappa shape index (κ1) is 19.5. The van der Waals surface area contributed by atoms with Crippen LogP contribution in [0.15, 0.2) is 23.2 Å². The molecule has 0 bridgehead atoms. The number of aliphatic imine (C=N–C) groups is 1. The van der Waals surface area contributed by atoms with Gasteiger partial charge in [0.25, 0.3) is 6.43 Å². The smallest absolute Gasteiger partial charge is 0.255 e. The maximum absolute atomic E-state index is 14.1. The summed E-state index contributed by atoms with van der Waals surface area (Å²) < 4.78 is 52.0. The zero-order chi connectivity index (χ0) is 18.4. The van der Waals surface area contributed by atoms with Gasteiger partial charge in [-0.2, -0.15) is 0 Å². The van der Waals surface area contributed by atoms with Crippen LogP contribution in [-0.2, 0) is 0 Å². The molecule has 0 aliphatic carbocycles. The molecule has 1 unspecified atom stereocenters. The van der Waals surface area contributed by atoms with Crippen molar-refractivity contribution in [1.82, 2.24) is 15.1 Å². The molecule has 1 heterocycles. The van der Waals surface area contributed by atoms with E-state index in [9.17, 15) is 17.6 Å². The van der Waals surface area contributed by atoms with Gasteiger partial charge in [-0.05, 0) is 12.5 Å². The zero-order valence-corrected chi connectivity index (χ0v) is 14.5. The summed E-state index contributed by atoms with van der Waals surface area (Å²) in [6, 6.07) is 3.53. The lowest BCUT2D eigenvalue weighted by molar-refractivity contribution is 0.121. The van der Waals surface area contributed by atoms with Gasteiger partial charge in [-0.15, -0.1) is 0 Å². The molecule has 1 N–H and O–H groups in total. The molecule has 1 saturated heterocycles. The second kappa shape index (κ2) is 9.03. The molecule has 0 saturated carbocycles. The first-order valence-electron chi connectivity index (χ1n) is 8.39. The van der Waals surface area contributed by atoms with Gasteiger partial charge in [0.2, 0.25) is 0 Å². The van der Waals surface area contributed by atoms with Gasteiger partial charge in [-0.25, -0.2) is 17.6 Å². The normalized spacial score (nSPS) is 17.9. The van der Waals surface area contributed by atoms with Crippen molar-refractivity contribution in [3.05, 3.63) is 35.4 Å². The van der Waals surface area contributed by atoms with E-state index in [1.165, 1.54) is 12.1 Å². The van der Waals surface area contributed by atoms with E-state index in [1.54, 1.807) is 7.05 Å². The number of alkyl halides is 2. The lowest BCUT2D eigenvalue weighted by Crippen LogP contribution is -2.53. The van der Waals surface area contributed by atoms with Crippen LogP contribution >= 0.6 is 0 Å². The van der Waals surface area contributed by atoms with Crippen molar-refractivity contribution < 1.29 is 17.6 Å². The Morgan fingerprint density at radius 2 is 1.88 bits per heavy atom. The van der Waals surface area contributed by atoms with E-state index < -0.39 is 24.6 Å². The molecule has 0 spiro atoms. The molecule has 0 amide bonds. The van der Waals surface area contributed by atoms with Crippen molar-refractivity contribution in [1.29, 1.82) is 0 Å². The quantitative estimate of drug-likeness (QED) is 0.498. The van der Waals surface area contributed by atoms with E-state index in [0.29, 0.717) is 44.1 Å². The zero-order valence-electron chi connectivity index (χ0n) is 14.5. The summed E-state index contributed by atoms with van der Waals surface area (Å²) in [5.41, 5.74) is 0.484. The number of nitrogens with one attached hydrogen (secondary N) is 1. The fourth-order valence-electron chi connectivity index (χ4n) is 3.19. The van der Waals surface area contributed by atoms with Crippen molar-refractivity contribution in [3.8, 4) is 0 Å². The second-order valence-corrected chi connectivity index (χ2v) is 5.93. The van der Waals surface area contributed by atoms with E-state index >= 15 is 0 Å². The van der Waals surface area contributed by atoms with E-state index in [2.05, 4.69) is 15.2 Å². The standard InChI is InChI=1S/C17H24F4N4/c1-3-15(13-5-4-12(18)10-14(13)19)24-6-8-25(9-7-24)17(22-2)23-11-16(20)21/h4-5,10,15-16H,3,6-9,11H2,1-2H3,(H,22,23). The summed E-state index contributed by atoms with van der Waals surface area (Å²) in [7, 11) is 1.56. The van der Waals surface area contributed by atoms with Gasteiger partial charge in [0.05, 0.1) is 6.54 Å². The van der Waals surface area contributed by atoms with Gasteiger partial charge >= 0.3 is 0 Å². The Morgan fingerprint density at radius 1 is 1.20 bits per heavy atom. The molecular weight excluding hydrogens is 336 g/mol. The first-order chi connectivity index (χ1) is 12.0. The van der Waals surface area contributed by atoms with Crippen LogP contribution in [0.2, 0.25) is 0 Å². The summed E-state index contributed by atoms with van der Waals surface area (Å²) in [4.78, 5) is 8.08. The average Bonchev–Trinajstić information content (AvgIpc) is 2.59. The predicted octanol–water partition coefficient (Wildman–Crippen LogP) is 2.87. The molecule has 0 aromatic heterocycles. The Kier molecular flexibility index (Phi) is 7.04. The van der Waals surface area contributed by atoms with Crippen molar-refractivity contribution in [3.63, 3.8) is 0 Å². The Hall–Kier alpha value is -1.83. The number of halogens is 4. The number of hydrogen-bond donors (Lipinski definition) is 1. The number of rotatable bonds is 5. The van der Waals surface area contributed by atoms with Gasteiger partial charge in [0.1, 0.15) is 11.6 Å². The Morgan fingerprint density at radius 3 is 2.40 bits per heavy atom. The summed E-state index contributed by atoms with van der Waals surface area (Å²) in [6.07, 6.45) is -1.75. The molecule has 0 radical (unpaired) electrons. The van der Waals surface area contributed by atoms with Crippen molar-refractivity contribution in [2.45, 2.75) is 25.8 Å². The number of hydrogen-bond acceptors (Lipinski definition) is 2. The van der Waals surface area contributed by atoms with Crippen molar-refractivity contribution in [2.24, 2.45) is 4.99 Å². The van der Waals surface area contributed by atoms with Gasteiger partial charge in [0, 0.05) is 50.9 Å². The fourth-order valence-corrected chi connectivity index (χ4v) is 3.19. The van der Waals surface area contributed by atoms with Crippen molar-refractivity contribution in [2.75, 3.05) is 39.8 Å². The molecule has 4 nitrogen and oxygen atoms in total. The molecule has 25 heavy (non-hydrogen) atoms.